The topological polar surface area (TPSA) is 228 Å². The van der Waals surface area contributed by atoms with Crippen molar-refractivity contribution < 1.29 is 64.6 Å². The number of unbranched alkanes of at least 4 members (excludes halogenated alkanes) is 38. The van der Waals surface area contributed by atoms with E-state index in [0.717, 1.165) is 38.5 Å². The molecule has 2 heterocycles. The number of amides is 1. The SMILES string of the molecule is CCCCCCC/C=C\C/C=C\CCCCCCCCCCCCCC(=O)NC(COC1OC(CO)C(OC2OC(CO)C(O)C(O)C2O)C(O)C1O)C(O)/C=C/CC/C=C/CCCCCCCCCCCCCCCCCCCCCCC. The van der Waals surface area contributed by atoms with E-state index in [4.69, 9.17) is 18.9 Å². The first kappa shape index (κ1) is 78.0. The van der Waals surface area contributed by atoms with Crippen molar-refractivity contribution in [1.29, 1.82) is 0 Å². The molecule has 0 bridgehead atoms. The maximum Gasteiger partial charge on any atom is 0.220 e. The highest BCUT2D eigenvalue weighted by Crippen LogP contribution is 2.30. The van der Waals surface area contributed by atoms with Crippen LogP contribution in [0.25, 0.3) is 0 Å². The monoisotopic (exact) mass is 1190 g/mol. The summed E-state index contributed by atoms with van der Waals surface area (Å²) in [6.07, 6.45) is 54.5. The van der Waals surface area contributed by atoms with Crippen molar-refractivity contribution in [1.82, 2.24) is 5.32 Å². The van der Waals surface area contributed by atoms with Crippen LogP contribution in [-0.2, 0) is 23.7 Å². The third-order valence-corrected chi connectivity index (χ3v) is 17.0. The fraction of sp³-hybridized carbons (Fsp3) is 0.871. The number of ether oxygens (including phenoxy) is 4. The van der Waals surface area contributed by atoms with Crippen LogP contribution in [0.2, 0.25) is 0 Å². The number of allylic oxidation sites excluding steroid dienone is 7. The third-order valence-electron chi connectivity index (χ3n) is 17.0. The Bertz CT molecular complexity index is 1590. The Morgan fingerprint density at radius 3 is 1.24 bits per heavy atom. The van der Waals surface area contributed by atoms with Crippen molar-refractivity contribution >= 4 is 5.91 Å². The van der Waals surface area contributed by atoms with E-state index in [1.807, 2.05) is 6.08 Å². The van der Waals surface area contributed by atoms with E-state index < -0.39 is 86.8 Å². The van der Waals surface area contributed by atoms with Gasteiger partial charge in [-0.15, -0.1) is 0 Å². The lowest BCUT2D eigenvalue weighted by Gasteiger charge is -2.46. The van der Waals surface area contributed by atoms with Crippen LogP contribution in [0.5, 0.6) is 0 Å². The molecule has 0 spiro atoms. The van der Waals surface area contributed by atoms with Crippen LogP contribution >= 0.6 is 0 Å². The third kappa shape index (κ3) is 39.1. The van der Waals surface area contributed by atoms with Gasteiger partial charge in [-0.25, -0.2) is 0 Å². The maximum atomic E-state index is 13.3. The Hall–Kier alpha value is -2.05. The Morgan fingerprint density at radius 1 is 0.429 bits per heavy atom. The van der Waals surface area contributed by atoms with Crippen LogP contribution in [0.1, 0.15) is 296 Å². The molecule has 0 aromatic rings. The second-order valence-electron chi connectivity index (χ2n) is 24.6. The Labute approximate surface area is 512 Å². The summed E-state index contributed by atoms with van der Waals surface area (Å²) >= 11 is 0. The number of hydrogen-bond donors (Lipinski definition) is 9. The molecule has 0 aliphatic carbocycles. The minimum atomic E-state index is -1.79. The molecule has 9 N–H and O–H groups in total. The lowest BCUT2D eigenvalue weighted by molar-refractivity contribution is -0.359. The molecule has 2 rings (SSSR count). The molecule has 0 aromatic heterocycles. The van der Waals surface area contributed by atoms with Gasteiger partial charge in [0, 0.05) is 6.42 Å². The highest BCUT2D eigenvalue weighted by atomic mass is 16.7. The van der Waals surface area contributed by atoms with Crippen molar-refractivity contribution in [2.24, 2.45) is 0 Å². The Morgan fingerprint density at radius 2 is 0.798 bits per heavy atom. The van der Waals surface area contributed by atoms with Gasteiger partial charge < -0.3 is 65.1 Å². The molecule has 0 aromatic carbocycles. The van der Waals surface area contributed by atoms with Gasteiger partial charge in [0.05, 0.1) is 32.0 Å². The van der Waals surface area contributed by atoms with Gasteiger partial charge in [0.2, 0.25) is 5.91 Å². The molecule has 2 aliphatic rings. The van der Waals surface area contributed by atoms with Gasteiger partial charge in [-0.3, -0.25) is 4.79 Å². The molecule has 0 radical (unpaired) electrons. The maximum absolute atomic E-state index is 13.3. The van der Waals surface area contributed by atoms with Crippen LogP contribution in [0.15, 0.2) is 48.6 Å². The second kappa shape index (κ2) is 55.1. The fourth-order valence-electron chi connectivity index (χ4n) is 11.4. The van der Waals surface area contributed by atoms with E-state index in [1.54, 1.807) is 6.08 Å². The van der Waals surface area contributed by atoms with E-state index in [9.17, 15) is 45.6 Å². The molecule has 2 aliphatic heterocycles. The zero-order chi connectivity index (χ0) is 60.9. The molecule has 14 heteroatoms. The van der Waals surface area contributed by atoms with Gasteiger partial charge in [-0.1, -0.05) is 274 Å². The predicted octanol–water partition coefficient (Wildman–Crippen LogP) is 13.9. The standard InChI is InChI=1S/C70H129NO13/c1-3-5-7-9-11-13-15-17-19-21-23-25-27-28-29-30-32-33-35-37-39-41-43-45-47-49-51-53-59(74)58(57-81-69-67(80)65(78)68(61(56-73)83-69)84-70-66(79)64(77)63(76)60(55-72)82-70)71-62(75)54-52-50-48-46-44-42-40-38-36-34-31-26-24-22-20-18-16-14-12-10-8-6-4-2/h16,18,22,24,43,45,51,53,58-61,63-70,72-74,76-80H,3-15,17,19-21,23,25-42,44,46-50,52,54-57H2,1-2H3,(H,71,75)/b18-16-,24-22-,45-43+,53-51+. The van der Waals surface area contributed by atoms with Gasteiger partial charge >= 0.3 is 0 Å². The molecule has 492 valence electrons. The lowest BCUT2D eigenvalue weighted by Crippen LogP contribution is -2.65. The summed E-state index contributed by atoms with van der Waals surface area (Å²) in [4.78, 5) is 13.3. The van der Waals surface area contributed by atoms with Gasteiger partial charge in [-0.05, 0) is 64.2 Å². The quantitative estimate of drug-likeness (QED) is 0.0204. The van der Waals surface area contributed by atoms with Gasteiger partial charge in [-0.2, -0.15) is 0 Å². The highest BCUT2D eigenvalue weighted by Gasteiger charge is 2.51. The van der Waals surface area contributed by atoms with Crippen molar-refractivity contribution in [3.05, 3.63) is 48.6 Å². The molecule has 12 atom stereocenters. The second-order valence-corrected chi connectivity index (χ2v) is 24.6. The first-order chi connectivity index (χ1) is 41.1. The van der Waals surface area contributed by atoms with Crippen LogP contribution < -0.4 is 5.32 Å². The van der Waals surface area contributed by atoms with Gasteiger partial charge in [0.15, 0.2) is 12.6 Å². The van der Waals surface area contributed by atoms with Crippen molar-refractivity contribution in [2.75, 3.05) is 19.8 Å². The summed E-state index contributed by atoms with van der Waals surface area (Å²) < 4.78 is 22.8. The van der Waals surface area contributed by atoms with Crippen LogP contribution in [-0.4, -0.2) is 140 Å². The van der Waals surface area contributed by atoms with Crippen molar-refractivity contribution in [2.45, 2.75) is 370 Å². The Balaban J connectivity index is 1.71. The minimum Gasteiger partial charge on any atom is -0.394 e. The van der Waals surface area contributed by atoms with E-state index in [0.29, 0.717) is 12.8 Å². The molecule has 2 saturated heterocycles. The average Bonchev–Trinajstić information content (AvgIpc) is 3.18. The number of hydrogen-bond acceptors (Lipinski definition) is 13. The summed E-state index contributed by atoms with van der Waals surface area (Å²) in [6, 6.07) is -0.935. The zero-order valence-corrected chi connectivity index (χ0v) is 53.4. The molecule has 12 unspecified atom stereocenters. The molecule has 1 amide bonds. The van der Waals surface area contributed by atoms with E-state index in [1.165, 1.54) is 225 Å². The summed E-state index contributed by atoms with van der Waals surface area (Å²) in [5.74, 6) is -0.249. The molecule has 84 heavy (non-hydrogen) atoms. The molecular formula is C70H129NO13. The van der Waals surface area contributed by atoms with Gasteiger partial charge in [0.25, 0.3) is 0 Å². The van der Waals surface area contributed by atoms with Crippen LogP contribution in [0, 0.1) is 0 Å². The number of aliphatic hydroxyl groups is 8. The smallest absolute Gasteiger partial charge is 0.220 e. The van der Waals surface area contributed by atoms with E-state index in [2.05, 4.69) is 55.6 Å². The number of carbonyl (C=O) groups is 1. The van der Waals surface area contributed by atoms with Crippen molar-refractivity contribution in [3.63, 3.8) is 0 Å². The summed E-state index contributed by atoms with van der Waals surface area (Å²) in [5, 5.41) is 87.4. The number of carbonyl (C=O) groups excluding carboxylic acids is 1. The molecular weight excluding hydrogens is 1060 g/mol. The first-order valence-electron chi connectivity index (χ1n) is 34.9. The zero-order valence-electron chi connectivity index (χ0n) is 53.4. The average molecular weight is 1190 g/mol. The Kier molecular flexibility index (Phi) is 51.1. The summed E-state index contributed by atoms with van der Waals surface area (Å²) in [7, 11) is 0. The molecule has 14 nitrogen and oxygen atoms in total. The van der Waals surface area contributed by atoms with Crippen LogP contribution in [0.4, 0.5) is 0 Å². The van der Waals surface area contributed by atoms with Crippen LogP contribution in [0.3, 0.4) is 0 Å². The lowest BCUT2D eigenvalue weighted by atomic mass is 9.97. The normalized spacial score (nSPS) is 23.9. The number of rotatable bonds is 57. The predicted molar refractivity (Wildman–Crippen MR) is 341 cm³/mol. The minimum absolute atomic E-state index is 0.249. The number of aliphatic hydroxyl groups excluding tert-OH is 8. The van der Waals surface area contributed by atoms with Crippen molar-refractivity contribution in [3.8, 4) is 0 Å². The van der Waals surface area contributed by atoms with E-state index >= 15 is 0 Å². The largest absolute Gasteiger partial charge is 0.394 e. The highest BCUT2D eigenvalue weighted by molar-refractivity contribution is 5.76. The number of nitrogens with one attached hydrogen (secondary N) is 1. The molecule has 0 saturated carbocycles. The van der Waals surface area contributed by atoms with E-state index in [-0.39, 0.29) is 18.9 Å². The molecule has 2 fully saturated rings. The summed E-state index contributed by atoms with van der Waals surface area (Å²) in [6.45, 7) is 2.81. The first-order valence-corrected chi connectivity index (χ1v) is 34.9. The fourth-order valence-corrected chi connectivity index (χ4v) is 11.4. The van der Waals surface area contributed by atoms with Gasteiger partial charge in [0.1, 0.15) is 48.8 Å². The summed E-state index contributed by atoms with van der Waals surface area (Å²) in [5.41, 5.74) is 0.